The third-order valence-electron chi connectivity index (χ3n) is 2.90. The molecule has 0 aliphatic heterocycles. The van der Waals surface area contributed by atoms with Gasteiger partial charge in [0.15, 0.2) is 0 Å². The summed E-state index contributed by atoms with van der Waals surface area (Å²) in [5, 5.41) is 11.9. The average molecular weight is 392 g/mol. The number of methoxy groups -OCH3 is 1. The number of nitriles is 1. The Morgan fingerprint density at radius 1 is 1.29 bits per heavy atom. The van der Waals surface area contributed by atoms with Gasteiger partial charge in [0, 0.05) is 3.57 Å². The van der Waals surface area contributed by atoms with E-state index in [0.29, 0.717) is 17.0 Å². The van der Waals surface area contributed by atoms with Crippen LogP contribution < -0.4 is 10.1 Å². The molecule has 21 heavy (non-hydrogen) atoms. The van der Waals surface area contributed by atoms with E-state index in [2.05, 4.69) is 34.0 Å². The second-order valence-corrected chi connectivity index (χ2v) is 5.62. The zero-order chi connectivity index (χ0) is 15.2. The second kappa shape index (κ2) is 7.09. The van der Waals surface area contributed by atoms with E-state index in [4.69, 9.17) is 10.00 Å². The van der Waals surface area contributed by atoms with Gasteiger partial charge in [-0.2, -0.15) is 5.26 Å². The van der Waals surface area contributed by atoms with Crippen molar-refractivity contribution in [2.24, 2.45) is 0 Å². The normalized spacial score (nSPS) is 9.76. The highest BCUT2D eigenvalue weighted by Crippen LogP contribution is 2.21. The molecule has 0 radical (unpaired) electrons. The van der Waals surface area contributed by atoms with E-state index in [1.165, 1.54) is 7.11 Å². The van der Waals surface area contributed by atoms with E-state index in [1.807, 2.05) is 24.3 Å². The molecule has 5 heteroatoms. The number of hydrogen-bond acceptors (Lipinski definition) is 3. The molecule has 2 aromatic carbocycles. The number of anilines is 1. The molecule has 0 atom stereocenters. The maximum absolute atomic E-state index is 12.0. The van der Waals surface area contributed by atoms with Crippen LogP contribution in [0.3, 0.4) is 0 Å². The summed E-state index contributed by atoms with van der Waals surface area (Å²) in [5.74, 6) is 0.431. The van der Waals surface area contributed by atoms with Crippen molar-refractivity contribution in [2.75, 3.05) is 12.4 Å². The molecule has 0 unspecified atom stereocenters. The summed E-state index contributed by atoms with van der Waals surface area (Å²) in [6.45, 7) is 0. The van der Waals surface area contributed by atoms with Gasteiger partial charge >= 0.3 is 0 Å². The predicted molar refractivity (Wildman–Crippen MR) is 89.2 cm³/mol. The predicted octanol–water partition coefficient (Wildman–Crippen LogP) is 3.35. The molecular weight excluding hydrogens is 379 g/mol. The van der Waals surface area contributed by atoms with Crippen LogP contribution in [0.15, 0.2) is 42.5 Å². The summed E-state index contributed by atoms with van der Waals surface area (Å²) in [4.78, 5) is 12.0. The molecule has 0 fully saturated rings. The smallest absolute Gasteiger partial charge is 0.228 e. The Bertz CT molecular complexity index is 690. The fourth-order valence-corrected chi connectivity index (χ4v) is 2.19. The van der Waals surface area contributed by atoms with Crippen molar-refractivity contribution < 1.29 is 9.53 Å². The van der Waals surface area contributed by atoms with Gasteiger partial charge in [-0.1, -0.05) is 12.1 Å². The highest BCUT2D eigenvalue weighted by molar-refractivity contribution is 14.1. The number of ether oxygens (including phenoxy) is 1. The van der Waals surface area contributed by atoms with Crippen molar-refractivity contribution in [2.45, 2.75) is 6.42 Å². The molecule has 0 bridgehead atoms. The Labute approximate surface area is 136 Å². The average Bonchev–Trinajstić information content (AvgIpc) is 2.50. The zero-order valence-electron chi connectivity index (χ0n) is 11.4. The molecule has 1 N–H and O–H groups in total. The minimum absolute atomic E-state index is 0.155. The minimum Gasteiger partial charge on any atom is -0.497 e. The minimum atomic E-state index is -0.155. The fourth-order valence-electron chi connectivity index (χ4n) is 1.83. The first-order chi connectivity index (χ1) is 10.1. The Morgan fingerprint density at radius 3 is 2.62 bits per heavy atom. The molecule has 0 aromatic heterocycles. The van der Waals surface area contributed by atoms with Crippen molar-refractivity contribution in [3.8, 4) is 11.8 Å². The van der Waals surface area contributed by atoms with E-state index in [-0.39, 0.29) is 12.3 Å². The molecule has 2 aromatic rings. The molecule has 0 saturated heterocycles. The topological polar surface area (TPSA) is 62.1 Å². The quantitative estimate of drug-likeness (QED) is 0.812. The van der Waals surface area contributed by atoms with Crippen LogP contribution in [0, 0.1) is 14.9 Å². The third kappa shape index (κ3) is 4.20. The molecule has 0 aliphatic carbocycles. The van der Waals surface area contributed by atoms with Crippen molar-refractivity contribution in [1.29, 1.82) is 5.26 Å². The van der Waals surface area contributed by atoms with Crippen molar-refractivity contribution in [3.63, 3.8) is 0 Å². The van der Waals surface area contributed by atoms with Gasteiger partial charge in [0.05, 0.1) is 24.8 Å². The highest BCUT2D eigenvalue weighted by atomic mass is 127. The van der Waals surface area contributed by atoms with Gasteiger partial charge in [-0.25, -0.2) is 0 Å². The van der Waals surface area contributed by atoms with Crippen LogP contribution >= 0.6 is 22.6 Å². The summed E-state index contributed by atoms with van der Waals surface area (Å²) in [7, 11) is 1.53. The Kier molecular flexibility index (Phi) is 5.17. The van der Waals surface area contributed by atoms with Crippen molar-refractivity contribution in [3.05, 3.63) is 57.2 Å². The summed E-state index contributed by atoms with van der Waals surface area (Å²) >= 11 is 2.22. The van der Waals surface area contributed by atoms with Crippen LogP contribution in [0.4, 0.5) is 5.69 Å². The number of carbonyl (C=O) groups is 1. The van der Waals surface area contributed by atoms with E-state index in [0.717, 1.165) is 9.13 Å². The largest absolute Gasteiger partial charge is 0.497 e. The molecule has 0 aliphatic rings. The van der Waals surface area contributed by atoms with Crippen LogP contribution in [-0.2, 0) is 11.2 Å². The van der Waals surface area contributed by atoms with Crippen molar-refractivity contribution >= 4 is 34.2 Å². The first kappa shape index (κ1) is 15.3. The lowest BCUT2D eigenvalue weighted by Gasteiger charge is -2.08. The number of nitrogens with one attached hydrogen (secondary N) is 1. The maximum Gasteiger partial charge on any atom is 0.228 e. The first-order valence-electron chi connectivity index (χ1n) is 6.25. The van der Waals surface area contributed by atoms with Crippen LogP contribution in [0.2, 0.25) is 0 Å². The number of amides is 1. The van der Waals surface area contributed by atoms with Crippen LogP contribution in [0.5, 0.6) is 5.75 Å². The highest BCUT2D eigenvalue weighted by Gasteiger charge is 2.09. The Morgan fingerprint density at radius 2 is 2.00 bits per heavy atom. The number of rotatable bonds is 4. The fraction of sp³-hybridized carbons (Fsp3) is 0.125. The lowest BCUT2D eigenvalue weighted by atomic mass is 10.1. The number of halogens is 1. The van der Waals surface area contributed by atoms with Gasteiger partial charge in [-0.05, 0) is 58.5 Å². The molecule has 0 saturated carbocycles. The lowest BCUT2D eigenvalue weighted by Crippen LogP contribution is -2.15. The van der Waals surface area contributed by atoms with Gasteiger partial charge in [0.2, 0.25) is 5.91 Å². The standard InChI is InChI=1S/C16H13IN2O2/c1-21-14-6-7-15(12(9-14)10-18)19-16(20)8-11-2-4-13(17)5-3-11/h2-7,9H,8H2,1H3,(H,19,20). The molecule has 0 heterocycles. The monoisotopic (exact) mass is 392 g/mol. The SMILES string of the molecule is COc1ccc(NC(=O)Cc2ccc(I)cc2)c(C#N)c1. The number of carbonyl (C=O) groups excluding carboxylic acids is 1. The Hall–Kier alpha value is -2.07. The number of hydrogen-bond donors (Lipinski definition) is 1. The van der Waals surface area contributed by atoms with Crippen LogP contribution in [0.25, 0.3) is 0 Å². The molecule has 0 spiro atoms. The maximum atomic E-state index is 12.0. The number of benzene rings is 2. The number of nitrogens with zero attached hydrogens (tertiary/aromatic N) is 1. The first-order valence-corrected chi connectivity index (χ1v) is 7.32. The van der Waals surface area contributed by atoms with Gasteiger partial charge < -0.3 is 10.1 Å². The molecule has 1 amide bonds. The zero-order valence-corrected chi connectivity index (χ0v) is 13.5. The summed E-state index contributed by atoms with van der Waals surface area (Å²) in [6.07, 6.45) is 0.272. The van der Waals surface area contributed by atoms with Crippen LogP contribution in [0.1, 0.15) is 11.1 Å². The van der Waals surface area contributed by atoms with Gasteiger partial charge in [0.1, 0.15) is 11.8 Å². The molecule has 4 nitrogen and oxygen atoms in total. The van der Waals surface area contributed by atoms with Crippen LogP contribution in [-0.4, -0.2) is 13.0 Å². The van der Waals surface area contributed by atoms with E-state index < -0.39 is 0 Å². The summed E-state index contributed by atoms with van der Waals surface area (Å²) in [5.41, 5.74) is 1.80. The third-order valence-corrected chi connectivity index (χ3v) is 3.62. The van der Waals surface area contributed by atoms with Gasteiger partial charge in [0.25, 0.3) is 0 Å². The molecule has 106 valence electrons. The van der Waals surface area contributed by atoms with E-state index in [1.54, 1.807) is 18.2 Å². The summed E-state index contributed by atoms with van der Waals surface area (Å²) in [6, 6.07) is 14.8. The Balaban J connectivity index is 2.09. The van der Waals surface area contributed by atoms with E-state index in [9.17, 15) is 4.79 Å². The van der Waals surface area contributed by atoms with Crippen molar-refractivity contribution in [1.82, 2.24) is 0 Å². The van der Waals surface area contributed by atoms with E-state index >= 15 is 0 Å². The van der Waals surface area contributed by atoms with Gasteiger partial charge in [-0.15, -0.1) is 0 Å². The lowest BCUT2D eigenvalue weighted by molar-refractivity contribution is -0.115. The summed E-state index contributed by atoms with van der Waals surface area (Å²) < 4.78 is 6.18. The molecular formula is C16H13IN2O2. The van der Waals surface area contributed by atoms with Gasteiger partial charge in [-0.3, -0.25) is 4.79 Å². The second-order valence-electron chi connectivity index (χ2n) is 4.37. The molecule has 2 rings (SSSR count).